The van der Waals surface area contributed by atoms with Crippen LogP contribution in [-0.4, -0.2) is 72.2 Å². The zero-order chi connectivity index (χ0) is 33.4. The minimum Gasteiger partial charge on any atom is -0.497 e. The maximum atomic E-state index is 14.5. The van der Waals surface area contributed by atoms with Gasteiger partial charge < -0.3 is 29.2 Å². The van der Waals surface area contributed by atoms with Crippen molar-refractivity contribution in [2.45, 2.75) is 63.1 Å². The van der Waals surface area contributed by atoms with E-state index in [1.165, 1.54) is 57.6 Å². The Kier molecular flexibility index (Phi) is 11.4. The van der Waals surface area contributed by atoms with Crippen molar-refractivity contribution in [3.8, 4) is 23.0 Å². The van der Waals surface area contributed by atoms with E-state index in [1.807, 2.05) is 31.2 Å². The van der Waals surface area contributed by atoms with Gasteiger partial charge in [-0.2, -0.15) is 0 Å². The minimum absolute atomic E-state index is 0.0494. The number of amides is 2. The molecule has 1 aliphatic rings. The first-order valence-electron chi connectivity index (χ1n) is 15.1. The molecule has 3 aromatic carbocycles. The Balaban J connectivity index is 1.80. The standard InChI is InChI=1S/C34H43N3O8S/c1-23-11-7-8-12-25(23)21-36(24(2)34(39)35-26-13-9-10-14-26)33(38)22-37(29-19-27(42-3)15-17-30(29)43-4)46(40,41)28-16-18-31(44-5)32(20-28)45-6/h7-8,11-12,15-20,24,26H,9-10,13-14,21-22H2,1-6H3,(H,35,39). The van der Waals surface area contributed by atoms with Gasteiger partial charge in [0, 0.05) is 24.7 Å². The van der Waals surface area contributed by atoms with Crippen molar-refractivity contribution in [3.63, 3.8) is 0 Å². The van der Waals surface area contributed by atoms with Crippen LogP contribution in [0.15, 0.2) is 65.6 Å². The van der Waals surface area contributed by atoms with Gasteiger partial charge in [-0.05, 0) is 62.1 Å². The monoisotopic (exact) mass is 653 g/mol. The molecule has 1 fully saturated rings. The van der Waals surface area contributed by atoms with Gasteiger partial charge in [0.05, 0.1) is 39.0 Å². The van der Waals surface area contributed by atoms with Crippen LogP contribution >= 0.6 is 0 Å². The molecule has 0 aliphatic heterocycles. The summed E-state index contributed by atoms with van der Waals surface area (Å²) in [5.74, 6) is 0.237. The second-order valence-electron chi connectivity index (χ2n) is 11.2. The summed E-state index contributed by atoms with van der Waals surface area (Å²) in [6, 6.07) is 15.6. The normalized spacial score (nSPS) is 13.9. The van der Waals surface area contributed by atoms with E-state index in [-0.39, 0.29) is 40.6 Å². The molecule has 11 nitrogen and oxygen atoms in total. The Hall–Kier alpha value is -4.45. The Bertz CT molecular complexity index is 1640. The predicted molar refractivity (Wildman–Crippen MR) is 175 cm³/mol. The van der Waals surface area contributed by atoms with E-state index in [4.69, 9.17) is 18.9 Å². The summed E-state index contributed by atoms with van der Waals surface area (Å²) in [4.78, 5) is 29.2. The number of nitrogens with zero attached hydrogens (tertiary/aromatic N) is 2. The van der Waals surface area contributed by atoms with Crippen LogP contribution in [0.5, 0.6) is 23.0 Å². The summed E-state index contributed by atoms with van der Waals surface area (Å²) in [6.45, 7) is 3.06. The highest BCUT2D eigenvalue weighted by atomic mass is 32.2. The zero-order valence-corrected chi connectivity index (χ0v) is 28.1. The van der Waals surface area contributed by atoms with Crippen molar-refractivity contribution in [2.24, 2.45) is 0 Å². The fourth-order valence-electron chi connectivity index (χ4n) is 5.55. The van der Waals surface area contributed by atoms with Crippen LogP contribution in [0.1, 0.15) is 43.7 Å². The molecule has 0 radical (unpaired) electrons. The summed E-state index contributed by atoms with van der Waals surface area (Å²) in [5, 5.41) is 3.09. The van der Waals surface area contributed by atoms with E-state index in [2.05, 4.69) is 5.32 Å². The number of ether oxygens (including phenoxy) is 4. The van der Waals surface area contributed by atoms with Crippen LogP contribution in [0.4, 0.5) is 5.69 Å². The van der Waals surface area contributed by atoms with Gasteiger partial charge in [-0.3, -0.25) is 13.9 Å². The van der Waals surface area contributed by atoms with Gasteiger partial charge in [-0.25, -0.2) is 8.42 Å². The Morgan fingerprint density at radius 1 is 0.870 bits per heavy atom. The number of hydrogen-bond donors (Lipinski definition) is 1. The smallest absolute Gasteiger partial charge is 0.265 e. The molecule has 1 saturated carbocycles. The summed E-state index contributed by atoms with van der Waals surface area (Å²) < 4.78 is 51.5. The van der Waals surface area contributed by atoms with E-state index in [0.29, 0.717) is 11.5 Å². The molecule has 12 heteroatoms. The quantitative estimate of drug-likeness (QED) is 0.266. The molecule has 1 unspecified atom stereocenters. The molecule has 0 bridgehead atoms. The summed E-state index contributed by atoms with van der Waals surface area (Å²) in [7, 11) is 1.29. The maximum Gasteiger partial charge on any atom is 0.265 e. The predicted octanol–water partition coefficient (Wildman–Crippen LogP) is 4.70. The highest BCUT2D eigenvalue weighted by Gasteiger charge is 2.35. The first-order valence-corrected chi connectivity index (χ1v) is 16.6. The van der Waals surface area contributed by atoms with Crippen molar-refractivity contribution < 1.29 is 37.0 Å². The van der Waals surface area contributed by atoms with Gasteiger partial charge in [-0.15, -0.1) is 0 Å². The van der Waals surface area contributed by atoms with E-state index in [9.17, 15) is 18.0 Å². The van der Waals surface area contributed by atoms with Crippen LogP contribution in [0.2, 0.25) is 0 Å². The molecule has 1 atom stereocenters. The Morgan fingerprint density at radius 3 is 2.15 bits per heavy atom. The van der Waals surface area contributed by atoms with Crippen molar-refractivity contribution in [1.29, 1.82) is 0 Å². The lowest BCUT2D eigenvalue weighted by atomic mass is 10.1. The Morgan fingerprint density at radius 2 is 1.52 bits per heavy atom. The number of anilines is 1. The van der Waals surface area contributed by atoms with Gasteiger partial charge >= 0.3 is 0 Å². The van der Waals surface area contributed by atoms with Crippen LogP contribution in [0.25, 0.3) is 0 Å². The molecule has 1 aliphatic carbocycles. The van der Waals surface area contributed by atoms with E-state index < -0.39 is 28.5 Å². The average molecular weight is 654 g/mol. The maximum absolute atomic E-state index is 14.5. The van der Waals surface area contributed by atoms with Crippen LogP contribution < -0.4 is 28.6 Å². The average Bonchev–Trinajstić information content (AvgIpc) is 3.58. The summed E-state index contributed by atoms with van der Waals surface area (Å²) in [5.41, 5.74) is 1.86. The number of benzene rings is 3. The number of hydrogen-bond acceptors (Lipinski definition) is 8. The van der Waals surface area contributed by atoms with Gasteiger partial charge in [0.15, 0.2) is 11.5 Å². The SMILES string of the molecule is COc1ccc(OC)c(N(CC(=O)N(Cc2ccccc2C)C(C)C(=O)NC2CCCC2)S(=O)(=O)c2ccc(OC)c(OC)c2)c1. The fraction of sp³-hybridized carbons (Fsp3) is 0.412. The molecular formula is C34H43N3O8S. The number of carbonyl (C=O) groups is 2. The molecular weight excluding hydrogens is 610 g/mol. The summed E-state index contributed by atoms with van der Waals surface area (Å²) in [6.07, 6.45) is 3.85. The molecule has 1 N–H and O–H groups in total. The first kappa shape index (κ1) is 34.4. The molecule has 0 spiro atoms. The van der Waals surface area contributed by atoms with E-state index >= 15 is 0 Å². The second kappa shape index (κ2) is 15.2. The molecule has 0 saturated heterocycles. The second-order valence-corrected chi connectivity index (χ2v) is 13.0. The molecule has 248 valence electrons. The molecule has 0 heterocycles. The minimum atomic E-state index is -4.43. The number of sulfonamides is 1. The molecule has 0 aromatic heterocycles. The van der Waals surface area contributed by atoms with Crippen molar-refractivity contribution in [1.82, 2.24) is 10.2 Å². The molecule has 46 heavy (non-hydrogen) atoms. The largest absolute Gasteiger partial charge is 0.497 e. The van der Waals surface area contributed by atoms with Crippen molar-refractivity contribution >= 4 is 27.5 Å². The third-order valence-corrected chi connectivity index (χ3v) is 10.1. The van der Waals surface area contributed by atoms with Gasteiger partial charge in [-0.1, -0.05) is 37.1 Å². The first-order chi connectivity index (χ1) is 22.0. The number of nitrogens with one attached hydrogen (secondary N) is 1. The van der Waals surface area contributed by atoms with Crippen LogP contribution in [-0.2, 0) is 26.2 Å². The van der Waals surface area contributed by atoms with Gasteiger partial charge in [0.1, 0.15) is 24.1 Å². The lowest BCUT2D eigenvalue weighted by molar-refractivity contribution is -0.139. The zero-order valence-electron chi connectivity index (χ0n) is 27.2. The van der Waals surface area contributed by atoms with Gasteiger partial charge in [0.25, 0.3) is 10.0 Å². The number of aryl methyl sites for hydroxylation is 1. The van der Waals surface area contributed by atoms with E-state index in [0.717, 1.165) is 41.1 Å². The number of carbonyl (C=O) groups excluding carboxylic acids is 2. The fourth-order valence-corrected chi connectivity index (χ4v) is 6.99. The number of methoxy groups -OCH3 is 4. The van der Waals surface area contributed by atoms with Gasteiger partial charge in [0.2, 0.25) is 11.8 Å². The Labute approximate surface area is 271 Å². The molecule has 3 aromatic rings. The van der Waals surface area contributed by atoms with Crippen molar-refractivity contribution in [3.05, 3.63) is 71.8 Å². The van der Waals surface area contributed by atoms with Crippen LogP contribution in [0.3, 0.4) is 0 Å². The highest BCUT2D eigenvalue weighted by molar-refractivity contribution is 7.92. The highest BCUT2D eigenvalue weighted by Crippen LogP contribution is 2.38. The third kappa shape index (κ3) is 7.67. The lowest BCUT2D eigenvalue weighted by Crippen LogP contribution is -2.52. The third-order valence-electron chi connectivity index (χ3n) is 8.35. The van der Waals surface area contributed by atoms with Crippen LogP contribution in [0, 0.1) is 6.92 Å². The molecule has 4 rings (SSSR count). The van der Waals surface area contributed by atoms with Crippen molar-refractivity contribution in [2.75, 3.05) is 39.3 Å². The van der Waals surface area contributed by atoms with E-state index in [1.54, 1.807) is 19.1 Å². The summed E-state index contributed by atoms with van der Waals surface area (Å²) >= 11 is 0. The molecule has 2 amide bonds. The topological polar surface area (TPSA) is 124 Å². The lowest BCUT2D eigenvalue weighted by Gasteiger charge is -2.33. The number of rotatable bonds is 14.